The van der Waals surface area contributed by atoms with Crippen molar-refractivity contribution in [3.8, 4) is 0 Å². The Labute approximate surface area is 79.7 Å². The van der Waals surface area contributed by atoms with Crippen LogP contribution in [-0.4, -0.2) is 46.5 Å². The minimum absolute atomic E-state index is 0.121. The summed E-state index contributed by atoms with van der Waals surface area (Å²) in [7, 11) is -4.66. The molecule has 3 aliphatic heterocycles. The molecule has 0 aromatic heterocycles. The van der Waals surface area contributed by atoms with Gasteiger partial charge in [0.2, 0.25) is 0 Å². The summed E-state index contributed by atoms with van der Waals surface area (Å²) in [5.74, 6) is -0.173. The third-order valence-electron chi connectivity index (χ3n) is 2.32. The molecule has 0 radical (unpaired) electrons. The molecule has 7 nitrogen and oxygen atoms in total. The Morgan fingerprint density at radius 3 is 2.36 bits per heavy atom. The molecule has 0 aromatic rings. The molecule has 3 rings (SSSR count). The molecule has 0 aromatic carbocycles. The van der Waals surface area contributed by atoms with Crippen LogP contribution in [0.3, 0.4) is 0 Å². The second kappa shape index (κ2) is 3.24. The van der Waals surface area contributed by atoms with E-state index in [-0.39, 0.29) is 25.7 Å². The van der Waals surface area contributed by atoms with Crippen molar-refractivity contribution in [2.24, 2.45) is 5.92 Å². The zero-order valence-electron chi connectivity index (χ0n) is 7.20. The molecular formula is C6H11O7P. The van der Waals surface area contributed by atoms with Crippen molar-refractivity contribution in [1.82, 2.24) is 0 Å². The number of aliphatic hydroxyl groups excluding tert-OH is 1. The highest BCUT2D eigenvalue weighted by atomic mass is 31.2. The molecule has 8 heteroatoms. The van der Waals surface area contributed by atoms with Crippen molar-refractivity contribution >= 4 is 7.60 Å². The fraction of sp³-hybridized carbons (Fsp3) is 1.00. The van der Waals surface area contributed by atoms with Crippen LogP contribution < -0.4 is 0 Å². The molecule has 0 amide bonds. The minimum atomic E-state index is -4.66. The normalized spacial score (nSPS) is 42.8. The number of hydrogen-bond acceptors (Lipinski definition) is 5. The molecule has 2 bridgehead atoms. The molecule has 0 spiro atoms. The third kappa shape index (κ3) is 1.42. The van der Waals surface area contributed by atoms with Gasteiger partial charge in [0.15, 0.2) is 0 Å². The van der Waals surface area contributed by atoms with E-state index in [1.54, 1.807) is 0 Å². The maximum absolute atomic E-state index is 11.1. The van der Waals surface area contributed by atoms with Crippen LogP contribution in [0.15, 0.2) is 0 Å². The lowest BCUT2D eigenvalue weighted by molar-refractivity contribution is -0.430. The first kappa shape index (κ1) is 10.5. The molecular weight excluding hydrogens is 215 g/mol. The Morgan fingerprint density at radius 2 is 1.93 bits per heavy atom. The summed E-state index contributed by atoms with van der Waals surface area (Å²) < 4.78 is 25.7. The van der Waals surface area contributed by atoms with Crippen molar-refractivity contribution in [2.75, 3.05) is 19.8 Å². The van der Waals surface area contributed by atoms with Gasteiger partial charge in [-0.1, -0.05) is 0 Å². The van der Waals surface area contributed by atoms with Gasteiger partial charge in [0.1, 0.15) is 0 Å². The van der Waals surface area contributed by atoms with Crippen LogP contribution >= 0.6 is 7.60 Å². The number of ether oxygens (including phenoxy) is 3. The maximum Gasteiger partial charge on any atom is 0.415 e. The van der Waals surface area contributed by atoms with E-state index in [1.165, 1.54) is 0 Å². The average molecular weight is 226 g/mol. The molecule has 0 saturated carbocycles. The standard InChI is InChI=1S/C6H11O7P/c7-1-5-4-2-11-6(13-5,12-3-4)14(8,9)10/h4-5,7H,1-3H2,(H2,8,9,10). The Morgan fingerprint density at radius 1 is 1.36 bits per heavy atom. The fourth-order valence-corrected chi connectivity index (χ4v) is 2.27. The summed E-state index contributed by atoms with van der Waals surface area (Å²) in [6, 6.07) is 0. The lowest BCUT2D eigenvalue weighted by atomic mass is 10.0. The van der Waals surface area contributed by atoms with Gasteiger partial charge in [-0.25, -0.2) is 0 Å². The predicted molar refractivity (Wildman–Crippen MR) is 42.1 cm³/mol. The van der Waals surface area contributed by atoms with E-state index in [2.05, 4.69) is 0 Å². The Bertz CT molecular complexity index is 265. The molecule has 3 saturated heterocycles. The van der Waals surface area contributed by atoms with Crippen molar-refractivity contribution in [2.45, 2.75) is 11.8 Å². The van der Waals surface area contributed by atoms with Crippen LogP contribution in [0.4, 0.5) is 0 Å². The van der Waals surface area contributed by atoms with Crippen LogP contribution in [-0.2, 0) is 18.8 Å². The first-order chi connectivity index (χ1) is 6.48. The summed E-state index contributed by atoms with van der Waals surface area (Å²) in [5, 5.41) is 8.90. The topological polar surface area (TPSA) is 105 Å². The van der Waals surface area contributed by atoms with Crippen molar-refractivity contribution in [3.63, 3.8) is 0 Å². The molecule has 0 aliphatic carbocycles. The van der Waals surface area contributed by atoms with Gasteiger partial charge in [-0.15, -0.1) is 0 Å². The van der Waals surface area contributed by atoms with Crippen LogP contribution in [0.1, 0.15) is 0 Å². The zero-order valence-corrected chi connectivity index (χ0v) is 8.09. The van der Waals surface area contributed by atoms with E-state index in [9.17, 15) is 4.57 Å². The van der Waals surface area contributed by atoms with Gasteiger partial charge in [-0.2, -0.15) is 0 Å². The second-order valence-corrected chi connectivity index (χ2v) is 4.92. The van der Waals surface area contributed by atoms with Gasteiger partial charge >= 0.3 is 13.3 Å². The third-order valence-corrected chi connectivity index (χ3v) is 3.40. The molecule has 3 heterocycles. The number of hydrogen-bond donors (Lipinski definition) is 3. The van der Waals surface area contributed by atoms with Gasteiger partial charge in [0.05, 0.1) is 25.9 Å². The molecule has 3 N–H and O–H groups in total. The minimum Gasteiger partial charge on any atom is -0.394 e. The number of fused-ring (bicyclic) bond motifs is 3. The van der Waals surface area contributed by atoms with E-state index in [4.69, 9.17) is 29.1 Å². The lowest BCUT2D eigenvalue weighted by Crippen LogP contribution is -2.58. The van der Waals surface area contributed by atoms with Crippen molar-refractivity contribution in [1.29, 1.82) is 0 Å². The monoisotopic (exact) mass is 226 g/mol. The lowest BCUT2D eigenvalue weighted by Gasteiger charge is -2.48. The van der Waals surface area contributed by atoms with E-state index in [0.29, 0.717) is 0 Å². The number of aliphatic hydroxyl groups is 1. The largest absolute Gasteiger partial charge is 0.415 e. The van der Waals surface area contributed by atoms with Crippen LogP contribution in [0, 0.1) is 5.92 Å². The van der Waals surface area contributed by atoms with Gasteiger partial charge in [-0.05, 0) is 0 Å². The Hall–Kier alpha value is -0.0100. The highest BCUT2D eigenvalue weighted by molar-refractivity contribution is 7.52. The highest BCUT2D eigenvalue weighted by Crippen LogP contribution is 2.57. The molecule has 14 heavy (non-hydrogen) atoms. The summed E-state index contributed by atoms with van der Waals surface area (Å²) in [6.07, 6.45) is -0.634. The summed E-state index contributed by atoms with van der Waals surface area (Å²) >= 11 is 0. The second-order valence-electron chi connectivity index (χ2n) is 3.29. The first-order valence-corrected chi connectivity index (χ1v) is 5.72. The van der Waals surface area contributed by atoms with Crippen molar-refractivity contribution in [3.05, 3.63) is 0 Å². The maximum atomic E-state index is 11.1. The van der Waals surface area contributed by atoms with E-state index in [1.807, 2.05) is 0 Å². The molecule has 1 unspecified atom stereocenters. The molecule has 1 atom stereocenters. The summed E-state index contributed by atoms with van der Waals surface area (Å²) in [5.41, 5.74) is -2.30. The number of rotatable bonds is 2. The van der Waals surface area contributed by atoms with E-state index >= 15 is 0 Å². The van der Waals surface area contributed by atoms with E-state index in [0.717, 1.165) is 0 Å². The average Bonchev–Trinajstić information content (AvgIpc) is 2.18. The van der Waals surface area contributed by atoms with Crippen molar-refractivity contribution < 1.29 is 33.7 Å². The van der Waals surface area contributed by atoms with Gasteiger partial charge in [0.25, 0.3) is 0 Å². The zero-order chi connectivity index (χ0) is 10.4. The van der Waals surface area contributed by atoms with Crippen LogP contribution in [0.2, 0.25) is 0 Å². The van der Waals surface area contributed by atoms with Gasteiger partial charge in [0, 0.05) is 5.92 Å². The fourth-order valence-electron chi connectivity index (χ4n) is 1.51. The van der Waals surface area contributed by atoms with E-state index < -0.39 is 19.4 Å². The SMILES string of the molecule is O=P(O)(O)C12OCC(CO1)C(CO)O2. The Balaban J connectivity index is 2.25. The summed E-state index contributed by atoms with van der Waals surface area (Å²) in [4.78, 5) is 18.0. The summed E-state index contributed by atoms with van der Waals surface area (Å²) in [6.45, 7) is -0.0637. The highest BCUT2D eigenvalue weighted by Gasteiger charge is 2.61. The quantitative estimate of drug-likeness (QED) is 0.509. The van der Waals surface area contributed by atoms with Crippen LogP contribution in [0.25, 0.3) is 0 Å². The first-order valence-electron chi connectivity index (χ1n) is 4.11. The molecule has 3 aliphatic rings. The van der Waals surface area contributed by atoms with Gasteiger partial charge < -0.3 is 29.1 Å². The Kier molecular flexibility index (Phi) is 2.43. The van der Waals surface area contributed by atoms with Gasteiger partial charge in [-0.3, -0.25) is 4.57 Å². The molecule has 82 valence electrons. The predicted octanol–water partition coefficient (Wildman–Crippen LogP) is -1.17. The molecule has 3 fully saturated rings. The van der Waals surface area contributed by atoms with Crippen LogP contribution in [0.5, 0.6) is 0 Å². The smallest absolute Gasteiger partial charge is 0.394 e.